The molecule has 1 fully saturated rings. The molecule has 1 aliphatic rings. The van der Waals surface area contributed by atoms with Crippen molar-refractivity contribution in [2.75, 3.05) is 13.1 Å². The van der Waals surface area contributed by atoms with Crippen LogP contribution in [0.2, 0.25) is 0 Å². The first kappa shape index (κ1) is 16.8. The molecule has 2 amide bonds. The molecular weight excluding hydrogens is 419 g/mol. The molecule has 0 unspecified atom stereocenters. The van der Waals surface area contributed by atoms with Gasteiger partial charge in [-0.1, -0.05) is 12.1 Å². The molecule has 0 spiro atoms. The van der Waals surface area contributed by atoms with Crippen LogP contribution in [0.5, 0.6) is 0 Å². The van der Waals surface area contributed by atoms with E-state index in [1.54, 1.807) is 0 Å². The second-order valence-corrected chi connectivity index (χ2v) is 6.77. The molecule has 7 heteroatoms. The highest BCUT2D eigenvalue weighted by atomic mass is 127. The lowest BCUT2D eigenvalue weighted by Crippen LogP contribution is -2.46. The van der Waals surface area contributed by atoms with Crippen LogP contribution in [-0.2, 0) is 0 Å². The topological polar surface area (TPSA) is 75.2 Å². The van der Waals surface area contributed by atoms with Crippen molar-refractivity contribution in [2.45, 2.75) is 18.9 Å². The lowest BCUT2D eigenvalue weighted by molar-refractivity contribution is 0.0696. The van der Waals surface area contributed by atoms with E-state index < -0.39 is 0 Å². The van der Waals surface area contributed by atoms with E-state index in [9.17, 15) is 9.59 Å². The summed E-state index contributed by atoms with van der Waals surface area (Å²) in [6, 6.07) is 7.64. The smallest absolute Gasteiger partial charge is 0.271 e. The van der Waals surface area contributed by atoms with Gasteiger partial charge >= 0.3 is 0 Å². The van der Waals surface area contributed by atoms with Gasteiger partial charge in [-0.25, -0.2) is 4.98 Å². The second-order valence-electron chi connectivity index (χ2n) is 5.61. The predicted octanol–water partition coefficient (Wildman–Crippen LogP) is 2.12. The molecule has 124 valence electrons. The minimum Gasteiger partial charge on any atom is -0.348 e. The molecular formula is C17H17IN4O2. The first-order valence-electron chi connectivity index (χ1n) is 7.76. The molecule has 0 aliphatic carbocycles. The van der Waals surface area contributed by atoms with E-state index in [4.69, 9.17) is 0 Å². The average Bonchev–Trinajstić information content (AvgIpc) is 2.63. The highest BCUT2D eigenvalue weighted by molar-refractivity contribution is 14.1. The van der Waals surface area contributed by atoms with Crippen LogP contribution in [0.25, 0.3) is 0 Å². The van der Waals surface area contributed by atoms with E-state index in [-0.39, 0.29) is 17.9 Å². The third-order valence-electron chi connectivity index (χ3n) is 4.02. The zero-order chi connectivity index (χ0) is 16.9. The monoisotopic (exact) mass is 436 g/mol. The number of likely N-dealkylation sites (tertiary alicyclic amines) is 1. The number of hydrogen-bond donors (Lipinski definition) is 1. The van der Waals surface area contributed by atoms with Crippen LogP contribution in [0.15, 0.2) is 42.9 Å². The van der Waals surface area contributed by atoms with E-state index >= 15 is 0 Å². The van der Waals surface area contributed by atoms with Crippen LogP contribution in [-0.4, -0.2) is 45.8 Å². The third kappa shape index (κ3) is 3.89. The standard InChI is InChI=1S/C17H17IN4O2/c18-14-4-2-1-3-13(14)17(24)22-9-5-12(6-10-22)21-16(23)15-11-19-7-8-20-15/h1-4,7-8,11-12H,5-6,9-10H2,(H,21,23). The first-order valence-corrected chi connectivity index (χ1v) is 8.83. The summed E-state index contributed by atoms with van der Waals surface area (Å²) < 4.78 is 0.957. The number of piperidine rings is 1. The van der Waals surface area contributed by atoms with E-state index in [1.165, 1.54) is 18.6 Å². The number of amides is 2. The van der Waals surface area contributed by atoms with Crippen molar-refractivity contribution in [1.29, 1.82) is 0 Å². The molecule has 1 aliphatic heterocycles. The van der Waals surface area contributed by atoms with Gasteiger partial charge in [0.2, 0.25) is 0 Å². The summed E-state index contributed by atoms with van der Waals surface area (Å²) in [7, 11) is 0. The molecule has 2 aromatic rings. The molecule has 3 rings (SSSR count). The van der Waals surface area contributed by atoms with E-state index in [1.807, 2.05) is 29.2 Å². The van der Waals surface area contributed by atoms with Crippen molar-refractivity contribution in [3.05, 3.63) is 57.7 Å². The largest absolute Gasteiger partial charge is 0.348 e. The van der Waals surface area contributed by atoms with Crippen molar-refractivity contribution >= 4 is 34.4 Å². The van der Waals surface area contributed by atoms with Crippen LogP contribution in [0, 0.1) is 3.57 Å². The van der Waals surface area contributed by atoms with Crippen molar-refractivity contribution in [1.82, 2.24) is 20.2 Å². The number of halogens is 1. The maximum atomic E-state index is 12.6. The van der Waals surface area contributed by atoms with Gasteiger partial charge in [0.1, 0.15) is 5.69 Å². The Hall–Kier alpha value is -2.03. The first-order chi connectivity index (χ1) is 11.6. The number of hydrogen-bond acceptors (Lipinski definition) is 4. The van der Waals surface area contributed by atoms with E-state index in [2.05, 4.69) is 37.9 Å². The minimum atomic E-state index is -0.217. The highest BCUT2D eigenvalue weighted by Gasteiger charge is 2.25. The van der Waals surface area contributed by atoms with Crippen molar-refractivity contribution in [3.63, 3.8) is 0 Å². The van der Waals surface area contributed by atoms with Crippen molar-refractivity contribution in [2.24, 2.45) is 0 Å². The summed E-state index contributed by atoms with van der Waals surface area (Å²) in [6.45, 7) is 1.27. The SMILES string of the molecule is O=C(NC1CCN(C(=O)c2ccccc2I)CC1)c1cnccn1. The Balaban J connectivity index is 1.55. The Morgan fingerprint density at radius 1 is 1.17 bits per heavy atom. The molecule has 6 nitrogen and oxygen atoms in total. The summed E-state index contributed by atoms with van der Waals surface area (Å²) in [5.74, 6) is -0.163. The Kier molecular flexibility index (Phi) is 5.39. The third-order valence-corrected chi connectivity index (χ3v) is 4.96. The molecule has 1 N–H and O–H groups in total. The maximum Gasteiger partial charge on any atom is 0.271 e. The Labute approximate surface area is 153 Å². The van der Waals surface area contributed by atoms with Gasteiger partial charge in [-0.15, -0.1) is 0 Å². The van der Waals surface area contributed by atoms with Gasteiger partial charge in [-0.3, -0.25) is 14.6 Å². The Morgan fingerprint density at radius 3 is 2.58 bits per heavy atom. The van der Waals surface area contributed by atoms with Crippen LogP contribution < -0.4 is 5.32 Å². The van der Waals surface area contributed by atoms with Crippen LogP contribution in [0.1, 0.15) is 33.7 Å². The van der Waals surface area contributed by atoms with Crippen LogP contribution >= 0.6 is 22.6 Å². The zero-order valence-electron chi connectivity index (χ0n) is 13.0. The fourth-order valence-corrected chi connectivity index (χ4v) is 3.33. The predicted molar refractivity (Wildman–Crippen MR) is 97.6 cm³/mol. The van der Waals surface area contributed by atoms with Crippen molar-refractivity contribution < 1.29 is 9.59 Å². The lowest BCUT2D eigenvalue weighted by Gasteiger charge is -2.32. The van der Waals surface area contributed by atoms with E-state index in [0.29, 0.717) is 18.8 Å². The van der Waals surface area contributed by atoms with Gasteiger partial charge in [0.05, 0.1) is 11.8 Å². The number of aromatic nitrogens is 2. The van der Waals surface area contributed by atoms with E-state index in [0.717, 1.165) is 22.0 Å². The second kappa shape index (κ2) is 7.69. The fourth-order valence-electron chi connectivity index (χ4n) is 2.71. The Morgan fingerprint density at radius 2 is 1.92 bits per heavy atom. The van der Waals surface area contributed by atoms with Gasteiger partial charge in [0.25, 0.3) is 11.8 Å². The molecule has 0 bridgehead atoms. The molecule has 2 heterocycles. The Bertz CT molecular complexity index is 730. The fraction of sp³-hybridized carbons (Fsp3) is 0.294. The lowest BCUT2D eigenvalue weighted by atomic mass is 10.0. The van der Waals surface area contributed by atoms with Gasteiger partial charge in [0.15, 0.2) is 0 Å². The van der Waals surface area contributed by atoms with Crippen LogP contribution in [0.3, 0.4) is 0 Å². The summed E-state index contributed by atoms with van der Waals surface area (Å²) in [4.78, 5) is 34.4. The molecule has 1 aromatic heterocycles. The minimum absolute atomic E-state index is 0.0541. The molecule has 0 atom stereocenters. The molecule has 0 radical (unpaired) electrons. The number of benzene rings is 1. The molecule has 24 heavy (non-hydrogen) atoms. The summed E-state index contributed by atoms with van der Waals surface area (Å²) in [5, 5.41) is 2.96. The quantitative estimate of drug-likeness (QED) is 0.749. The number of carbonyl (C=O) groups is 2. The normalized spacial score (nSPS) is 15.1. The average molecular weight is 436 g/mol. The number of nitrogens with one attached hydrogen (secondary N) is 1. The van der Waals surface area contributed by atoms with Gasteiger partial charge in [-0.2, -0.15) is 0 Å². The van der Waals surface area contributed by atoms with Gasteiger partial charge < -0.3 is 10.2 Å². The number of nitrogens with zero attached hydrogens (tertiary/aromatic N) is 3. The summed E-state index contributed by atoms with van der Waals surface area (Å²) in [6.07, 6.45) is 5.96. The molecule has 0 saturated carbocycles. The van der Waals surface area contributed by atoms with Gasteiger partial charge in [0, 0.05) is 35.1 Å². The molecule has 1 aromatic carbocycles. The van der Waals surface area contributed by atoms with Gasteiger partial charge in [-0.05, 0) is 47.6 Å². The number of carbonyl (C=O) groups excluding carboxylic acids is 2. The summed E-state index contributed by atoms with van der Waals surface area (Å²) in [5.41, 5.74) is 1.05. The number of rotatable bonds is 3. The van der Waals surface area contributed by atoms with Crippen LogP contribution in [0.4, 0.5) is 0 Å². The maximum absolute atomic E-state index is 12.6. The molecule has 1 saturated heterocycles. The highest BCUT2D eigenvalue weighted by Crippen LogP contribution is 2.18. The van der Waals surface area contributed by atoms with Crippen molar-refractivity contribution in [3.8, 4) is 0 Å². The zero-order valence-corrected chi connectivity index (χ0v) is 15.1. The summed E-state index contributed by atoms with van der Waals surface area (Å²) >= 11 is 2.18.